The van der Waals surface area contributed by atoms with Crippen molar-refractivity contribution >= 4 is 11.6 Å². The Morgan fingerprint density at radius 2 is 1.88 bits per heavy atom. The number of phenolic OH excluding ortho intramolecular Hbond substituents is 1. The number of phenols is 1. The third-order valence-electron chi connectivity index (χ3n) is 3.92. The summed E-state index contributed by atoms with van der Waals surface area (Å²) in [6.45, 7) is -0.674. The summed E-state index contributed by atoms with van der Waals surface area (Å²) in [6, 6.07) is 3.61. The van der Waals surface area contributed by atoms with Crippen LogP contribution in [0.25, 0.3) is 0 Å². The van der Waals surface area contributed by atoms with Gasteiger partial charge in [0.05, 0.1) is 6.61 Å². The smallest absolute Gasteiger partial charge is 0.320 e. The first kappa shape index (κ1) is 17.8. The molecule has 0 radical (unpaired) electrons. The molecule has 1 amide bonds. The summed E-state index contributed by atoms with van der Waals surface area (Å²) in [5.74, 6) is -1.31. The van der Waals surface area contributed by atoms with Crippen molar-refractivity contribution in [3.8, 4) is 11.5 Å². The number of aliphatic hydroxyl groups excluding tert-OH is 4. The van der Waals surface area contributed by atoms with E-state index in [1.165, 1.54) is 12.1 Å². The number of rotatable bonds is 3. The Hall–Kier alpha value is -1.99. The zero-order valence-corrected chi connectivity index (χ0v) is 12.7. The van der Waals surface area contributed by atoms with Crippen LogP contribution in [0.5, 0.6) is 11.5 Å². The predicted molar refractivity (Wildman–Crippen MR) is 76.6 cm³/mol. The maximum atomic E-state index is 12.1. The fourth-order valence-corrected chi connectivity index (χ4v) is 2.54. The van der Waals surface area contributed by atoms with Gasteiger partial charge in [0.2, 0.25) is 0 Å². The molecular weight excluding hydrogens is 342 g/mol. The molecule has 6 atom stereocenters. The van der Waals surface area contributed by atoms with Crippen molar-refractivity contribution in [1.29, 1.82) is 0 Å². The number of hydroxylamine groups is 1. The first-order valence-electron chi connectivity index (χ1n) is 7.32. The van der Waals surface area contributed by atoms with Crippen LogP contribution in [-0.4, -0.2) is 80.2 Å². The highest BCUT2D eigenvalue weighted by Gasteiger charge is 2.47. The summed E-state index contributed by atoms with van der Waals surface area (Å²) in [5, 5.41) is 58.1. The fraction of sp³-hybridized carbons (Fsp3) is 0.500. The van der Waals surface area contributed by atoms with Crippen LogP contribution < -0.4 is 9.80 Å². The molecule has 2 aliphatic heterocycles. The molecule has 25 heavy (non-hydrogen) atoms. The fourth-order valence-electron chi connectivity index (χ4n) is 2.54. The van der Waals surface area contributed by atoms with Crippen molar-refractivity contribution in [2.45, 2.75) is 37.0 Å². The van der Waals surface area contributed by atoms with Crippen LogP contribution in [0.15, 0.2) is 18.2 Å². The second kappa shape index (κ2) is 6.72. The van der Waals surface area contributed by atoms with Crippen LogP contribution >= 0.6 is 0 Å². The van der Waals surface area contributed by atoms with Crippen LogP contribution in [0.3, 0.4) is 0 Å². The normalized spacial score (nSPS) is 35.2. The molecule has 11 nitrogen and oxygen atoms in total. The highest BCUT2D eigenvalue weighted by molar-refractivity contribution is 5.97. The Morgan fingerprint density at radius 3 is 2.56 bits per heavy atom. The first-order chi connectivity index (χ1) is 11.8. The Kier molecular flexibility index (Phi) is 4.79. The first-order valence-corrected chi connectivity index (χ1v) is 7.32. The van der Waals surface area contributed by atoms with Gasteiger partial charge in [-0.1, -0.05) is 0 Å². The molecule has 2 heterocycles. The lowest BCUT2D eigenvalue weighted by molar-refractivity contribution is -0.323. The molecule has 0 bridgehead atoms. The number of aromatic hydroxyl groups is 1. The number of carbonyl (C=O) groups excluding carboxylic acids is 1. The highest BCUT2D eigenvalue weighted by atomic mass is 16.8. The van der Waals surface area contributed by atoms with Gasteiger partial charge in [0.25, 0.3) is 6.29 Å². The molecule has 11 heteroatoms. The zero-order chi connectivity index (χ0) is 18.3. The van der Waals surface area contributed by atoms with Crippen LogP contribution in [0.4, 0.5) is 5.69 Å². The Morgan fingerprint density at radius 1 is 1.16 bits per heavy atom. The van der Waals surface area contributed by atoms with Crippen LogP contribution in [-0.2, 0) is 14.3 Å². The maximum absolute atomic E-state index is 12.1. The number of aliphatic hydroxyl groups is 4. The maximum Gasteiger partial charge on any atom is 0.320 e. The topological polar surface area (TPSA) is 169 Å². The molecule has 6 unspecified atom stereocenters. The van der Waals surface area contributed by atoms with E-state index in [1.54, 1.807) is 0 Å². The molecule has 6 N–H and O–H groups in total. The second-order valence-electron chi connectivity index (χ2n) is 5.59. The Bertz CT molecular complexity index is 652. The van der Waals surface area contributed by atoms with Crippen LogP contribution in [0, 0.1) is 0 Å². The van der Waals surface area contributed by atoms with Gasteiger partial charge >= 0.3 is 5.91 Å². The minimum Gasteiger partial charge on any atom is -0.508 e. The quantitative estimate of drug-likeness (QED) is 0.321. The van der Waals surface area contributed by atoms with E-state index in [9.17, 15) is 30.4 Å². The number of amides is 1. The molecule has 3 rings (SSSR count). The molecular formula is C14H17NO10. The molecule has 1 aromatic carbocycles. The average molecular weight is 359 g/mol. The van der Waals surface area contributed by atoms with E-state index in [-0.39, 0.29) is 22.2 Å². The van der Waals surface area contributed by atoms with E-state index in [4.69, 9.17) is 19.3 Å². The number of benzene rings is 1. The average Bonchev–Trinajstić information content (AvgIpc) is 2.59. The van der Waals surface area contributed by atoms with Gasteiger partial charge in [-0.15, -0.1) is 0 Å². The number of ether oxygens (including phenoxy) is 3. The van der Waals surface area contributed by atoms with E-state index in [1.807, 2.05) is 0 Å². The summed E-state index contributed by atoms with van der Waals surface area (Å²) in [4.78, 5) is 12.1. The number of fused-ring (bicyclic) bond motifs is 1. The van der Waals surface area contributed by atoms with E-state index >= 15 is 0 Å². The zero-order valence-electron chi connectivity index (χ0n) is 12.7. The van der Waals surface area contributed by atoms with Crippen molar-refractivity contribution in [3.63, 3.8) is 0 Å². The molecule has 0 aliphatic carbocycles. The monoisotopic (exact) mass is 359 g/mol. The molecule has 0 saturated carbocycles. The van der Waals surface area contributed by atoms with E-state index < -0.39 is 49.5 Å². The van der Waals surface area contributed by atoms with E-state index in [0.29, 0.717) is 0 Å². The molecule has 1 aromatic rings. The Labute approximate surface area is 140 Å². The molecule has 1 saturated heterocycles. The summed E-state index contributed by atoms with van der Waals surface area (Å²) in [6.07, 6.45) is -9.65. The van der Waals surface area contributed by atoms with Gasteiger partial charge in [0, 0.05) is 6.07 Å². The Balaban J connectivity index is 1.79. The van der Waals surface area contributed by atoms with Gasteiger partial charge in [0.1, 0.15) is 35.9 Å². The number of carbonyl (C=O) groups is 1. The lowest BCUT2D eigenvalue weighted by atomic mass is 9.99. The SMILES string of the molecule is O=C1C(OC2OC(CO)C(O)C(O)C2O)Oc2cc(O)ccc2N1O. The van der Waals surface area contributed by atoms with Crippen molar-refractivity contribution in [1.82, 2.24) is 0 Å². The number of anilines is 1. The van der Waals surface area contributed by atoms with Crippen molar-refractivity contribution in [3.05, 3.63) is 18.2 Å². The minimum atomic E-state index is -1.76. The molecule has 2 aliphatic rings. The lowest BCUT2D eigenvalue weighted by Crippen LogP contribution is -2.61. The van der Waals surface area contributed by atoms with Gasteiger partial charge in [-0.2, -0.15) is 5.06 Å². The molecule has 1 fully saturated rings. The minimum absolute atomic E-state index is 0.0311. The summed E-state index contributed by atoms with van der Waals surface area (Å²) in [5.41, 5.74) is -0.0311. The summed E-state index contributed by atoms with van der Waals surface area (Å²) < 4.78 is 15.5. The number of hydrogen-bond acceptors (Lipinski definition) is 10. The number of nitrogens with zero attached hydrogens (tertiary/aromatic N) is 1. The van der Waals surface area contributed by atoms with Gasteiger partial charge in [-0.3, -0.25) is 10.0 Å². The summed E-state index contributed by atoms with van der Waals surface area (Å²) in [7, 11) is 0. The van der Waals surface area contributed by atoms with Crippen molar-refractivity contribution < 1.29 is 49.7 Å². The largest absolute Gasteiger partial charge is 0.508 e. The van der Waals surface area contributed by atoms with Crippen molar-refractivity contribution in [2.75, 3.05) is 11.7 Å². The third kappa shape index (κ3) is 3.14. The van der Waals surface area contributed by atoms with Gasteiger partial charge in [0.15, 0.2) is 12.0 Å². The van der Waals surface area contributed by atoms with Crippen molar-refractivity contribution in [2.24, 2.45) is 0 Å². The van der Waals surface area contributed by atoms with Crippen LogP contribution in [0.2, 0.25) is 0 Å². The third-order valence-corrected chi connectivity index (χ3v) is 3.92. The van der Waals surface area contributed by atoms with E-state index in [0.717, 1.165) is 6.07 Å². The van der Waals surface area contributed by atoms with Crippen LogP contribution in [0.1, 0.15) is 0 Å². The van der Waals surface area contributed by atoms with E-state index in [2.05, 4.69) is 0 Å². The van der Waals surface area contributed by atoms with Gasteiger partial charge in [-0.05, 0) is 12.1 Å². The predicted octanol–water partition coefficient (Wildman–Crippen LogP) is -2.35. The summed E-state index contributed by atoms with van der Waals surface area (Å²) >= 11 is 0. The van der Waals surface area contributed by atoms with Gasteiger partial charge < -0.3 is 39.7 Å². The second-order valence-corrected chi connectivity index (χ2v) is 5.59. The molecule has 138 valence electrons. The molecule has 0 spiro atoms. The highest BCUT2D eigenvalue weighted by Crippen LogP contribution is 2.36. The van der Waals surface area contributed by atoms with Gasteiger partial charge in [-0.25, -0.2) is 0 Å². The number of hydrogen-bond donors (Lipinski definition) is 6. The lowest BCUT2D eigenvalue weighted by Gasteiger charge is -2.41. The molecule has 0 aromatic heterocycles. The standard InChI is InChI=1S/C14H17NO10/c16-4-8-9(18)10(19)11(20)13(24-8)25-14-12(21)15(22)6-2-1-5(17)3-7(6)23-14/h1-3,8-11,13-14,16-20,22H,4H2.